The second-order valence-electron chi connectivity index (χ2n) is 5.42. The molecule has 0 fully saturated rings. The molecule has 1 aliphatic rings. The topological polar surface area (TPSA) is 43.4 Å². The molecule has 1 atom stereocenters. The van der Waals surface area contributed by atoms with Gasteiger partial charge in [0.15, 0.2) is 5.78 Å². The Kier molecular flexibility index (Phi) is 4.49. The largest absolute Gasteiger partial charge is 0.466 e. The fourth-order valence-corrected chi connectivity index (χ4v) is 2.71. The molecule has 0 aromatic rings. The summed E-state index contributed by atoms with van der Waals surface area (Å²) in [5.74, 6) is 0.345. The Labute approximate surface area is 103 Å². The van der Waals surface area contributed by atoms with Gasteiger partial charge in [0.1, 0.15) is 0 Å². The van der Waals surface area contributed by atoms with Crippen LogP contribution in [0.15, 0.2) is 11.6 Å². The number of allylic oxidation sites excluding steroid dienone is 2. The molecule has 3 heteroatoms. The summed E-state index contributed by atoms with van der Waals surface area (Å²) in [6, 6.07) is 0. The van der Waals surface area contributed by atoms with Crippen molar-refractivity contribution in [1.29, 1.82) is 0 Å². The van der Waals surface area contributed by atoms with E-state index >= 15 is 0 Å². The molecule has 1 unspecified atom stereocenters. The lowest BCUT2D eigenvalue weighted by Gasteiger charge is -2.37. The summed E-state index contributed by atoms with van der Waals surface area (Å²) in [4.78, 5) is 22.9. The third-order valence-electron chi connectivity index (χ3n) is 3.45. The molecule has 0 aromatic heterocycles. The highest BCUT2D eigenvalue weighted by atomic mass is 16.5. The summed E-state index contributed by atoms with van der Waals surface area (Å²) in [6.07, 6.45) is 3.49. The van der Waals surface area contributed by atoms with Gasteiger partial charge in [-0.15, -0.1) is 0 Å². The van der Waals surface area contributed by atoms with Crippen LogP contribution in [0, 0.1) is 11.3 Å². The average molecular weight is 238 g/mol. The Morgan fingerprint density at radius 2 is 2.18 bits per heavy atom. The van der Waals surface area contributed by atoms with Crippen molar-refractivity contribution in [1.82, 2.24) is 0 Å². The molecule has 0 saturated carbocycles. The van der Waals surface area contributed by atoms with E-state index in [9.17, 15) is 9.59 Å². The van der Waals surface area contributed by atoms with Crippen molar-refractivity contribution in [3.63, 3.8) is 0 Å². The van der Waals surface area contributed by atoms with Gasteiger partial charge in [-0.3, -0.25) is 9.59 Å². The molecule has 96 valence electrons. The summed E-state index contributed by atoms with van der Waals surface area (Å²) < 4.78 is 4.93. The van der Waals surface area contributed by atoms with Crippen LogP contribution in [0.3, 0.4) is 0 Å². The zero-order valence-electron chi connectivity index (χ0n) is 11.2. The van der Waals surface area contributed by atoms with Gasteiger partial charge in [-0.2, -0.15) is 0 Å². The summed E-state index contributed by atoms with van der Waals surface area (Å²) >= 11 is 0. The van der Waals surface area contributed by atoms with Gasteiger partial charge in [-0.25, -0.2) is 0 Å². The van der Waals surface area contributed by atoms with Gasteiger partial charge in [0, 0.05) is 12.8 Å². The third-order valence-corrected chi connectivity index (χ3v) is 3.45. The van der Waals surface area contributed by atoms with E-state index in [1.54, 1.807) is 6.08 Å². The average Bonchev–Trinajstić information content (AvgIpc) is 2.14. The fraction of sp³-hybridized carbons (Fsp3) is 0.714. The molecule has 3 nitrogen and oxygen atoms in total. The highest BCUT2D eigenvalue weighted by molar-refractivity contribution is 5.92. The van der Waals surface area contributed by atoms with E-state index in [1.807, 2.05) is 13.8 Å². The molecule has 0 bridgehead atoms. The maximum Gasteiger partial charge on any atom is 0.305 e. The lowest BCUT2D eigenvalue weighted by Crippen LogP contribution is -2.32. The second kappa shape index (κ2) is 5.48. The van der Waals surface area contributed by atoms with Gasteiger partial charge < -0.3 is 4.74 Å². The molecule has 0 radical (unpaired) electrons. The predicted octanol–water partition coefficient (Wildman–Crippen LogP) is 2.89. The van der Waals surface area contributed by atoms with Crippen molar-refractivity contribution in [3.8, 4) is 0 Å². The van der Waals surface area contributed by atoms with E-state index in [4.69, 9.17) is 4.74 Å². The fourth-order valence-electron chi connectivity index (χ4n) is 2.71. The van der Waals surface area contributed by atoms with Gasteiger partial charge in [-0.1, -0.05) is 19.4 Å². The van der Waals surface area contributed by atoms with Crippen LogP contribution in [-0.2, 0) is 14.3 Å². The van der Waals surface area contributed by atoms with Crippen molar-refractivity contribution in [2.75, 3.05) is 6.61 Å². The minimum atomic E-state index is -0.145. The van der Waals surface area contributed by atoms with Crippen LogP contribution in [0.25, 0.3) is 0 Å². The maximum atomic E-state index is 11.5. The molecule has 0 N–H and O–H groups in total. The summed E-state index contributed by atoms with van der Waals surface area (Å²) in [5.41, 5.74) is 1.04. The van der Waals surface area contributed by atoms with E-state index < -0.39 is 0 Å². The van der Waals surface area contributed by atoms with Crippen molar-refractivity contribution in [2.24, 2.45) is 11.3 Å². The highest BCUT2D eigenvalue weighted by Gasteiger charge is 2.36. The minimum Gasteiger partial charge on any atom is -0.466 e. The smallest absolute Gasteiger partial charge is 0.305 e. The van der Waals surface area contributed by atoms with Gasteiger partial charge in [0.05, 0.1) is 6.61 Å². The summed E-state index contributed by atoms with van der Waals surface area (Å²) in [7, 11) is 0. The molecule has 17 heavy (non-hydrogen) atoms. The van der Waals surface area contributed by atoms with Crippen LogP contribution in [-0.4, -0.2) is 18.4 Å². The number of hydrogen-bond donors (Lipinski definition) is 0. The Morgan fingerprint density at radius 1 is 1.53 bits per heavy atom. The second-order valence-corrected chi connectivity index (χ2v) is 5.42. The first-order valence-electron chi connectivity index (χ1n) is 6.23. The molecular weight excluding hydrogens is 216 g/mol. The van der Waals surface area contributed by atoms with Crippen LogP contribution in [0.4, 0.5) is 0 Å². The molecule has 0 heterocycles. The van der Waals surface area contributed by atoms with Crippen LogP contribution in [0.2, 0.25) is 0 Å². The number of rotatable bonds is 4. The molecule has 0 saturated heterocycles. The minimum absolute atomic E-state index is 0.0532. The Balaban J connectivity index is 2.65. The van der Waals surface area contributed by atoms with Crippen molar-refractivity contribution < 1.29 is 14.3 Å². The Bertz CT molecular complexity index is 339. The molecule has 0 amide bonds. The van der Waals surface area contributed by atoms with E-state index in [2.05, 4.69) is 13.8 Å². The number of hydrogen-bond acceptors (Lipinski definition) is 3. The number of carbonyl (C=O) groups excluding carboxylic acids is 2. The van der Waals surface area contributed by atoms with Crippen molar-refractivity contribution in [3.05, 3.63) is 11.6 Å². The first-order valence-corrected chi connectivity index (χ1v) is 6.23. The lowest BCUT2D eigenvalue weighted by molar-refractivity contribution is -0.143. The molecule has 1 rings (SSSR count). The molecule has 0 spiro atoms. The van der Waals surface area contributed by atoms with E-state index in [0.29, 0.717) is 25.4 Å². The SMILES string of the molecule is CCOC(=O)CCC1C(C)=CC(=O)CC1(C)C. The third kappa shape index (κ3) is 3.69. The zero-order chi connectivity index (χ0) is 13.1. The van der Waals surface area contributed by atoms with Gasteiger partial charge in [-0.05, 0) is 37.7 Å². The molecule has 1 aliphatic carbocycles. The zero-order valence-corrected chi connectivity index (χ0v) is 11.2. The normalized spacial score (nSPS) is 23.2. The number of carbonyl (C=O) groups is 2. The van der Waals surface area contributed by atoms with E-state index in [0.717, 1.165) is 12.0 Å². The molecular formula is C14H22O3. The monoisotopic (exact) mass is 238 g/mol. The Hall–Kier alpha value is -1.12. The molecule has 0 aliphatic heterocycles. The first kappa shape index (κ1) is 13.9. The van der Waals surface area contributed by atoms with E-state index in [-0.39, 0.29) is 17.2 Å². The maximum absolute atomic E-state index is 11.5. The van der Waals surface area contributed by atoms with Crippen LogP contribution >= 0.6 is 0 Å². The van der Waals surface area contributed by atoms with Crippen LogP contribution < -0.4 is 0 Å². The van der Waals surface area contributed by atoms with Crippen LogP contribution in [0.1, 0.15) is 47.0 Å². The van der Waals surface area contributed by atoms with Gasteiger partial charge in [0.25, 0.3) is 0 Å². The summed E-state index contributed by atoms with van der Waals surface area (Å²) in [6.45, 7) is 8.41. The van der Waals surface area contributed by atoms with Gasteiger partial charge in [0.2, 0.25) is 0 Å². The van der Waals surface area contributed by atoms with Crippen LogP contribution in [0.5, 0.6) is 0 Å². The predicted molar refractivity (Wildman–Crippen MR) is 66.5 cm³/mol. The molecule has 0 aromatic carbocycles. The number of ketones is 1. The van der Waals surface area contributed by atoms with Crippen molar-refractivity contribution >= 4 is 11.8 Å². The quantitative estimate of drug-likeness (QED) is 0.707. The Morgan fingerprint density at radius 3 is 2.71 bits per heavy atom. The van der Waals surface area contributed by atoms with Gasteiger partial charge >= 0.3 is 5.97 Å². The van der Waals surface area contributed by atoms with Crippen molar-refractivity contribution in [2.45, 2.75) is 47.0 Å². The lowest BCUT2D eigenvalue weighted by atomic mass is 9.66. The summed E-state index contributed by atoms with van der Waals surface area (Å²) in [5, 5.41) is 0. The van der Waals surface area contributed by atoms with E-state index in [1.165, 1.54) is 0 Å². The first-order chi connectivity index (χ1) is 7.86. The standard InChI is InChI=1S/C14H22O3/c1-5-17-13(16)7-6-12-10(2)8-11(15)9-14(12,3)4/h8,12H,5-7,9H2,1-4H3. The highest BCUT2D eigenvalue weighted by Crippen LogP contribution is 2.42. The number of ether oxygens (including phenoxy) is 1. The number of esters is 1.